The molecule has 0 bridgehead atoms. The highest BCUT2D eigenvalue weighted by Gasteiger charge is 2.36. The highest BCUT2D eigenvalue weighted by molar-refractivity contribution is 7.99. The molecule has 0 saturated carbocycles. The highest BCUT2D eigenvalue weighted by atomic mass is 32.2. The first-order valence-electron chi connectivity index (χ1n) is 9.14. The van der Waals surface area contributed by atoms with Crippen LogP contribution in [-0.2, 0) is 10.9 Å². The van der Waals surface area contributed by atoms with Gasteiger partial charge in [0, 0.05) is 29.9 Å². The number of fused-ring (bicyclic) bond motifs is 1. The normalized spacial score (nSPS) is 11.3. The van der Waals surface area contributed by atoms with Crippen molar-refractivity contribution in [2.75, 3.05) is 26.3 Å². The summed E-state index contributed by atoms with van der Waals surface area (Å²) in [5, 5.41) is 16.3. The summed E-state index contributed by atoms with van der Waals surface area (Å²) in [5.74, 6) is -0.368. The maximum Gasteiger partial charge on any atom is 0.417 e. The Bertz CT molecular complexity index is 1160. The molecule has 0 aliphatic carbocycles. The first-order chi connectivity index (χ1) is 15.1. The number of benzene rings is 2. The lowest BCUT2D eigenvalue weighted by Gasteiger charge is -2.19. The Balaban J connectivity index is 0.000000837. The fourth-order valence-electron chi connectivity index (χ4n) is 2.79. The molecule has 0 amide bonds. The number of methoxy groups -OCH3 is 1. The molecule has 0 radical (unpaired) electrons. The molecular formula is C20H20F4N2O5S. The van der Waals surface area contributed by atoms with Gasteiger partial charge in [-0.1, -0.05) is 12.1 Å². The first kappa shape index (κ1) is 25.6. The van der Waals surface area contributed by atoms with E-state index in [-0.39, 0.29) is 46.1 Å². The van der Waals surface area contributed by atoms with Gasteiger partial charge in [-0.2, -0.15) is 13.2 Å². The number of rotatable bonds is 6. The molecule has 1 heterocycles. The third-order valence-corrected chi connectivity index (χ3v) is 5.30. The van der Waals surface area contributed by atoms with Crippen molar-refractivity contribution >= 4 is 22.7 Å². The predicted molar refractivity (Wildman–Crippen MR) is 112 cm³/mol. The lowest BCUT2D eigenvalue weighted by molar-refractivity contribution is -0.137. The van der Waals surface area contributed by atoms with E-state index in [1.54, 1.807) is 0 Å². The van der Waals surface area contributed by atoms with Crippen LogP contribution in [-0.4, -0.2) is 46.4 Å². The van der Waals surface area contributed by atoms with E-state index in [2.05, 4.69) is 9.72 Å². The summed E-state index contributed by atoms with van der Waals surface area (Å²) in [6, 6.07) is 5.14. The molecule has 0 atom stereocenters. The number of alkyl halides is 3. The van der Waals surface area contributed by atoms with Crippen LogP contribution in [0, 0.1) is 5.82 Å². The smallest absolute Gasteiger partial charge is 0.396 e. The van der Waals surface area contributed by atoms with Gasteiger partial charge in [0.05, 0.1) is 16.5 Å². The van der Waals surface area contributed by atoms with E-state index in [4.69, 9.17) is 10.2 Å². The van der Waals surface area contributed by atoms with Gasteiger partial charge >= 0.3 is 11.9 Å². The first-order valence-corrected chi connectivity index (χ1v) is 10.1. The van der Waals surface area contributed by atoms with E-state index in [0.29, 0.717) is 12.5 Å². The molecule has 2 aromatic carbocycles. The van der Waals surface area contributed by atoms with Crippen LogP contribution in [0.25, 0.3) is 22.0 Å². The lowest BCUT2D eigenvalue weighted by Crippen LogP contribution is -2.23. The van der Waals surface area contributed by atoms with Gasteiger partial charge < -0.3 is 19.9 Å². The molecule has 0 unspecified atom stereocenters. The van der Waals surface area contributed by atoms with Crippen molar-refractivity contribution in [3.8, 4) is 11.1 Å². The van der Waals surface area contributed by atoms with Crippen molar-refractivity contribution in [1.82, 2.24) is 9.97 Å². The van der Waals surface area contributed by atoms with Crippen molar-refractivity contribution in [3.05, 3.63) is 62.6 Å². The second-order valence-corrected chi connectivity index (χ2v) is 7.41. The summed E-state index contributed by atoms with van der Waals surface area (Å²) in [7, 11) is 1.43. The number of aromatic nitrogens is 2. The lowest BCUT2D eigenvalue weighted by atomic mass is 9.97. The topological polar surface area (TPSA) is 115 Å². The van der Waals surface area contributed by atoms with E-state index in [0.717, 1.165) is 23.9 Å². The average molecular weight is 476 g/mol. The van der Waals surface area contributed by atoms with Gasteiger partial charge in [0.2, 0.25) is 0 Å². The summed E-state index contributed by atoms with van der Waals surface area (Å²) in [6.45, 7) is -0.354. The summed E-state index contributed by atoms with van der Waals surface area (Å²) in [5.41, 5.74) is -3.09. The maximum absolute atomic E-state index is 13.8. The number of aromatic amines is 2. The number of H-pyrrole nitrogens is 2. The van der Waals surface area contributed by atoms with Gasteiger partial charge in [-0.05, 0) is 30.2 Å². The maximum atomic E-state index is 13.8. The Kier molecular flexibility index (Phi) is 9.01. The third-order valence-electron chi connectivity index (χ3n) is 4.11. The number of aliphatic hydroxyl groups is 2. The van der Waals surface area contributed by atoms with Crippen LogP contribution in [0.1, 0.15) is 12.0 Å². The van der Waals surface area contributed by atoms with Crippen molar-refractivity contribution in [2.45, 2.75) is 17.5 Å². The second-order valence-electron chi connectivity index (χ2n) is 6.31. The minimum absolute atomic E-state index is 0.0353. The molecule has 174 valence electrons. The Morgan fingerprint density at radius 1 is 1.09 bits per heavy atom. The largest absolute Gasteiger partial charge is 0.417 e. The van der Waals surface area contributed by atoms with Crippen LogP contribution in [0.5, 0.6) is 0 Å². The molecule has 0 spiro atoms. The van der Waals surface area contributed by atoms with Gasteiger partial charge in [-0.15, -0.1) is 11.8 Å². The van der Waals surface area contributed by atoms with E-state index < -0.39 is 28.8 Å². The molecule has 0 aliphatic heterocycles. The Morgan fingerprint density at radius 3 is 2.25 bits per heavy atom. The predicted octanol–water partition coefficient (Wildman–Crippen LogP) is 3.10. The monoisotopic (exact) mass is 476 g/mol. The molecule has 1 aromatic heterocycles. The number of hydrogen-bond donors (Lipinski definition) is 4. The Hall–Kier alpha value is -2.67. The molecule has 0 saturated heterocycles. The zero-order chi connectivity index (χ0) is 23.9. The number of nitrogens with one attached hydrogen (secondary N) is 2. The average Bonchev–Trinajstić information content (AvgIpc) is 2.74. The van der Waals surface area contributed by atoms with E-state index in [1.807, 2.05) is 4.98 Å². The number of aliphatic hydroxyl groups excluding tert-OH is 2. The molecule has 0 aliphatic rings. The fourth-order valence-corrected chi connectivity index (χ4v) is 3.94. The summed E-state index contributed by atoms with van der Waals surface area (Å²) >= 11 is 0.971. The van der Waals surface area contributed by atoms with Crippen molar-refractivity contribution < 1.29 is 32.5 Å². The summed E-state index contributed by atoms with van der Waals surface area (Å²) in [4.78, 5) is 28.2. The number of ether oxygens (including phenoxy) is 1. The Labute approximate surface area is 183 Å². The van der Waals surface area contributed by atoms with Crippen LogP contribution >= 0.6 is 11.8 Å². The zero-order valence-corrected chi connectivity index (χ0v) is 17.6. The van der Waals surface area contributed by atoms with Crippen LogP contribution in [0.15, 0.2) is 44.8 Å². The number of thioether (sulfide) groups is 1. The van der Waals surface area contributed by atoms with Crippen LogP contribution in [0.4, 0.5) is 17.6 Å². The third kappa shape index (κ3) is 6.19. The van der Waals surface area contributed by atoms with E-state index in [9.17, 15) is 27.2 Å². The molecular weight excluding hydrogens is 456 g/mol. The second kappa shape index (κ2) is 11.3. The standard InChI is InChI=1S/C18H14F4N2O3S.C2H6O2/c19-10-4-2-9(3-5-10)13-12(18(20,21)22)8-11-14(15(13)28-7-1-6-25)23-17(27)24-16(11)26;1-4-2-3/h2-5,8,25H,1,6-7H2,(H2,23,24,26,27);3H,2H2,1H3. The summed E-state index contributed by atoms with van der Waals surface area (Å²) < 4.78 is 58.8. The van der Waals surface area contributed by atoms with Gasteiger partial charge in [-0.3, -0.25) is 9.78 Å². The zero-order valence-electron chi connectivity index (χ0n) is 16.8. The molecule has 7 nitrogen and oxygen atoms in total. The molecule has 12 heteroatoms. The van der Waals surface area contributed by atoms with Crippen molar-refractivity contribution in [3.63, 3.8) is 0 Å². The minimum atomic E-state index is -4.80. The molecule has 32 heavy (non-hydrogen) atoms. The summed E-state index contributed by atoms with van der Waals surface area (Å²) in [6.07, 6.45) is -4.51. The van der Waals surface area contributed by atoms with Crippen molar-refractivity contribution in [2.24, 2.45) is 0 Å². The molecule has 4 N–H and O–H groups in total. The van der Waals surface area contributed by atoms with Gasteiger partial charge in [0.25, 0.3) is 5.56 Å². The van der Waals surface area contributed by atoms with Crippen LogP contribution in [0.3, 0.4) is 0 Å². The van der Waals surface area contributed by atoms with E-state index in [1.165, 1.54) is 19.2 Å². The van der Waals surface area contributed by atoms with Crippen LogP contribution in [0.2, 0.25) is 0 Å². The van der Waals surface area contributed by atoms with Gasteiger partial charge in [-0.25, -0.2) is 9.18 Å². The van der Waals surface area contributed by atoms with Gasteiger partial charge in [0.15, 0.2) is 0 Å². The Morgan fingerprint density at radius 2 is 1.72 bits per heavy atom. The fraction of sp³-hybridized carbons (Fsp3) is 0.300. The SMILES string of the molecule is COCO.O=c1[nH]c(=O)c2cc(C(F)(F)F)c(-c3ccc(F)cc3)c(SCCCO)c2[nH]1. The minimum Gasteiger partial charge on any atom is -0.396 e. The number of halogens is 4. The number of hydrogen-bond acceptors (Lipinski definition) is 6. The molecule has 3 rings (SSSR count). The molecule has 3 aromatic rings. The van der Waals surface area contributed by atoms with Crippen LogP contribution < -0.4 is 11.2 Å². The van der Waals surface area contributed by atoms with E-state index >= 15 is 0 Å². The highest BCUT2D eigenvalue weighted by Crippen LogP contribution is 2.45. The molecule has 0 fully saturated rings. The quantitative estimate of drug-likeness (QED) is 0.188. The van der Waals surface area contributed by atoms with Crippen molar-refractivity contribution in [1.29, 1.82) is 0 Å². The van der Waals surface area contributed by atoms with Gasteiger partial charge in [0.1, 0.15) is 12.6 Å².